The third-order valence-corrected chi connectivity index (χ3v) is 7.60. The average Bonchev–Trinajstić information content (AvgIpc) is 3.39. The van der Waals surface area contributed by atoms with Crippen LogP contribution in [0, 0.1) is 0 Å². The maximum absolute atomic E-state index is 12.7. The molecule has 0 spiro atoms. The number of thioether (sulfide) groups is 1. The number of thiazole rings is 1. The number of oxazole rings is 1. The number of hydrogen-bond donors (Lipinski definition) is 3. The summed E-state index contributed by atoms with van der Waals surface area (Å²) in [4.78, 5) is 19.5. The maximum Gasteiger partial charge on any atom is 0.267 e. The fraction of sp³-hybridized carbons (Fsp3) is 0.250. The Morgan fingerprint density at radius 2 is 2.06 bits per heavy atom. The summed E-state index contributed by atoms with van der Waals surface area (Å²) in [5.74, 6) is 1.18. The van der Waals surface area contributed by atoms with Crippen molar-refractivity contribution in [3.05, 3.63) is 59.9 Å². The van der Waals surface area contributed by atoms with Gasteiger partial charge in [0, 0.05) is 11.5 Å². The van der Waals surface area contributed by atoms with Crippen molar-refractivity contribution in [2.24, 2.45) is 0 Å². The van der Waals surface area contributed by atoms with Crippen molar-refractivity contribution in [1.82, 2.24) is 15.4 Å². The molecule has 0 fully saturated rings. The van der Waals surface area contributed by atoms with E-state index in [0.29, 0.717) is 17.2 Å². The van der Waals surface area contributed by atoms with E-state index in [1.807, 2.05) is 20.8 Å². The Kier molecular flexibility index (Phi) is 7.39. The van der Waals surface area contributed by atoms with E-state index in [1.165, 1.54) is 46.8 Å². The standard InChI is InChI=1S/C20H22N4O5S3/c1-20(2,3)15-10-21-17(29-15)12-30-18-11-22-19(31-18)24-32(27,28)14-6-4-5-13(9-14)7-8-16(25)23-26/h4-11,26H,12H2,1-3H3,(H,22,24)(H,23,25). The SMILES string of the molecule is CC(C)(C)c1cnc(CSc2cnc(NS(=O)(=O)c3cccc(C=CC(=O)NO)c3)s2)o1. The molecule has 0 unspecified atom stereocenters. The number of anilines is 1. The van der Waals surface area contributed by atoms with Gasteiger partial charge < -0.3 is 4.42 Å². The zero-order valence-electron chi connectivity index (χ0n) is 17.5. The highest BCUT2D eigenvalue weighted by molar-refractivity contribution is 8.00. The molecule has 3 N–H and O–H groups in total. The first kappa shape index (κ1) is 24.0. The van der Waals surface area contributed by atoms with Gasteiger partial charge in [0.1, 0.15) is 5.76 Å². The summed E-state index contributed by atoms with van der Waals surface area (Å²) < 4.78 is 34.5. The van der Waals surface area contributed by atoms with Crippen molar-refractivity contribution in [1.29, 1.82) is 0 Å². The van der Waals surface area contributed by atoms with Crippen LogP contribution >= 0.6 is 23.1 Å². The van der Waals surface area contributed by atoms with Gasteiger partial charge in [0.2, 0.25) is 5.89 Å². The molecule has 170 valence electrons. The third kappa shape index (κ3) is 6.42. The van der Waals surface area contributed by atoms with Crippen LogP contribution in [0.15, 0.2) is 56.3 Å². The van der Waals surface area contributed by atoms with E-state index in [1.54, 1.807) is 24.5 Å². The molecule has 0 saturated carbocycles. The molecule has 0 aliphatic carbocycles. The molecule has 3 aromatic rings. The van der Waals surface area contributed by atoms with Gasteiger partial charge in [-0.1, -0.05) is 44.2 Å². The number of benzene rings is 1. The lowest BCUT2D eigenvalue weighted by molar-refractivity contribution is -0.124. The molecule has 32 heavy (non-hydrogen) atoms. The molecule has 0 atom stereocenters. The predicted molar refractivity (Wildman–Crippen MR) is 123 cm³/mol. The van der Waals surface area contributed by atoms with Crippen molar-refractivity contribution in [3.8, 4) is 0 Å². The second-order valence-corrected chi connectivity index (χ2v) is 11.6. The minimum Gasteiger partial charge on any atom is -0.444 e. The van der Waals surface area contributed by atoms with Gasteiger partial charge >= 0.3 is 0 Å². The van der Waals surface area contributed by atoms with Crippen LogP contribution in [0.2, 0.25) is 0 Å². The fourth-order valence-electron chi connectivity index (χ4n) is 2.40. The molecule has 0 bridgehead atoms. The van der Waals surface area contributed by atoms with Crippen molar-refractivity contribution in [2.75, 3.05) is 4.72 Å². The topological polar surface area (TPSA) is 134 Å². The lowest BCUT2D eigenvalue weighted by Gasteiger charge is -2.12. The molecule has 12 heteroatoms. The van der Waals surface area contributed by atoms with Gasteiger partial charge in [0.25, 0.3) is 15.9 Å². The Labute approximate surface area is 194 Å². The minimum absolute atomic E-state index is 0.0166. The third-order valence-electron chi connectivity index (χ3n) is 4.04. The fourth-order valence-corrected chi connectivity index (χ4v) is 5.42. The number of amides is 1. The number of carbonyl (C=O) groups excluding carboxylic acids is 1. The normalized spacial score (nSPS) is 12.2. The maximum atomic E-state index is 12.7. The van der Waals surface area contributed by atoms with Gasteiger partial charge in [-0.2, -0.15) is 0 Å². The minimum atomic E-state index is -3.87. The molecular weight excluding hydrogens is 472 g/mol. The first-order valence-electron chi connectivity index (χ1n) is 9.36. The average molecular weight is 495 g/mol. The second-order valence-electron chi connectivity index (χ2n) is 7.63. The summed E-state index contributed by atoms with van der Waals surface area (Å²) in [5.41, 5.74) is 1.83. The van der Waals surface area contributed by atoms with Crippen molar-refractivity contribution >= 4 is 50.2 Å². The molecular formula is C20H22N4O5S3. The van der Waals surface area contributed by atoms with Crippen LogP contribution in [0.1, 0.15) is 38.0 Å². The van der Waals surface area contributed by atoms with E-state index in [2.05, 4.69) is 14.7 Å². The lowest BCUT2D eigenvalue weighted by atomic mass is 9.94. The molecule has 9 nitrogen and oxygen atoms in total. The van der Waals surface area contributed by atoms with Gasteiger partial charge in [0.15, 0.2) is 5.13 Å². The van der Waals surface area contributed by atoms with Gasteiger partial charge in [-0.3, -0.25) is 14.7 Å². The number of carbonyl (C=O) groups is 1. The molecule has 0 aliphatic heterocycles. The Hall–Kier alpha value is -2.67. The summed E-state index contributed by atoms with van der Waals surface area (Å²) >= 11 is 2.66. The van der Waals surface area contributed by atoms with Crippen molar-refractivity contribution < 1.29 is 22.8 Å². The molecule has 0 saturated heterocycles. The van der Waals surface area contributed by atoms with Gasteiger partial charge in [-0.05, 0) is 23.8 Å². The van der Waals surface area contributed by atoms with Crippen LogP contribution < -0.4 is 10.2 Å². The Morgan fingerprint density at radius 1 is 1.28 bits per heavy atom. The zero-order valence-corrected chi connectivity index (χ0v) is 20.0. The number of hydroxylamine groups is 1. The van der Waals surface area contributed by atoms with E-state index in [-0.39, 0.29) is 15.4 Å². The van der Waals surface area contributed by atoms with E-state index in [0.717, 1.165) is 16.0 Å². The summed E-state index contributed by atoms with van der Waals surface area (Å²) in [6.07, 6.45) is 5.79. The molecule has 2 aromatic heterocycles. The summed E-state index contributed by atoms with van der Waals surface area (Å²) in [7, 11) is -3.87. The Morgan fingerprint density at radius 3 is 2.75 bits per heavy atom. The van der Waals surface area contributed by atoms with E-state index < -0.39 is 15.9 Å². The first-order valence-corrected chi connectivity index (χ1v) is 12.6. The number of rotatable bonds is 8. The first-order chi connectivity index (χ1) is 15.1. The van der Waals surface area contributed by atoms with Gasteiger partial charge in [0.05, 0.1) is 27.3 Å². The highest BCUT2D eigenvalue weighted by atomic mass is 32.2. The highest BCUT2D eigenvalue weighted by Gasteiger charge is 2.20. The quantitative estimate of drug-likeness (QED) is 0.185. The molecule has 0 radical (unpaired) electrons. The molecule has 3 rings (SSSR count). The number of aromatic nitrogens is 2. The summed E-state index contributed by atoms with van der Waals surface area (Å²) in [6, 6.07) is 6.02. The smallest absolute Gasteiger partial charge is 0.267 e. The van der Waals surface area contributed by atoms with Crippen LogP contribution in [0.5, 0.6) is 0 Å². The van der Waals surface area contributed by atoms with E-state index in [9.17, 15) is 13.2 Å². The van der Waals surface area contributed by atoms with Crippen LogP contribution in [0.25, 0.3) is 6.08 Å². The van der Waals surface area contributed by atoms with Crippen LogP contribution in [0.3, 0.4) is 0 Å². The molecule has 0 aliphatic rings. The van der Waals surface area contributed by atoms with Gasteiger partial charge in [-0.25, -0.2) is 23.9 Å². The number of hydrogen-bond acceptors (Lipinski definition) is 9. The lowest BCUT2D eigenvalue weighted by Crippen LogP contribution is -2.15. The number of nitrogens with zero attached hydrogens (tertiary/aromatic N) is 2. The molecule has 1 aromatic carbocycles. The molecule has 2 heterocycles. The monoisotopic (exact) mass is 494 g/mol. The number of nitrogens with one attached hydrogen (secondary N) is 2. The van der Waals surface area contributed by atoms with E-state index in [4.69, 9.17) is 9.62 Å². The number of sulfonamides is 1. The van der Waals surface area contributed by atoms with Gasteiger partial charge in [-0.15, -0.1) is 11.8 Å². The largest absolute Gasteiger partial charge is 0.444 e. The second kappa shape index (κ2) is 9.86. The Bertz CT molecular complexity index is 1230. The summed E-state index contributed by atoms with van der Waals surface area (Å²) in [6.45, 7) is 6.14. The zero-order chi connectivity index (χ0) is 23.4. The summed E-state index contributed by atoms with van der Waals surface area (Å²) in [5, 5.41) is 8.76. The van der Waals surface area contributed by atoms with Crippen LogP contribution in [0.4, 0.5) is 5.13 Å². The highest BCUT2D eigenvalue weighted by Crippen LogP contribution is 2.32. The van der Waals surface area contributed by atoms with Crippen LogP contribution in [-0.2, 0) is 26.0 Å². The van der Waals surface area contributed by atoms with Crippen LogP contribution in [-0.4, -0.2) is 29.5 Å². The molecule has 1 amide bonds. The van der Waals surface area contributed by atoms with Crippen molar-refractivity contribution in [2.45, 2.75) is 41.0 Å². The Balaban J connectivity index is 1.65. The van der Waals surface area contributed by atoms with Crippen molar-refractivity contribution in [3.63, 3.8) is 0 Å². The predicted octanol–water partition coefficient (Wildman–Crippen LogP) is 4.04. The van der Waals surface area contributed by atoms with E-state index >= 15 is 0 Å².